The Hall–Kier alpha value is -1.43. The van der Waals surface area contributed by atoms with Crippen molar-refractivity contribution < 1.29 is 9.53 Å². The molecule has 1 aromatic rings. The van der Waals surface area contributed by atoms with Crippen molar-refractivity contribution in [1.82, 2.24) is 15.1 Å². The lowest BCUT2D eigenvalue weighted by Gasteiger charge is -2.31. The monoisotopic (exact) mass is 425 g/mol. The number of rotatable bonds is 5. The average molecular weight is 426 g/mol. The molecule has 1 N–H and O–H groups in total. The predicted octanol–water partition coefficient (Wildman–Crippen LogP) is 3.15. The van der Waals surface area contributed by atoms with Crippen LogP contribution >= 0.6 is 0 Å². The Morgan fingerprint density at radius 2 is 1.71 bits per heavy atom. The van der Waals surface area contributed by atoms with Gasteiger partial charge in [-0.15, -0.1) is 0 Å². The molecule has 0 bridgehead atoms. The number of nitrogens with zero attached hydrogens (tertiary/aromatic N) is 2. The van der Waals surface area contributed by atoms with Crippen LogP contribution in [-0.4, -0.2) is 73.7 Å². The standard InChI is InChI=1S/C26H39N3O2/c1-26(2,3)19-6-4-18(5-7-19)25(30)29-16-23-22(24(23)17-29)14-27-20-8-11-28(15-20)21-9-12-31-13-10-21/h4-7,20-24,27H,8-17H2,1-3H3. The summed E-state index contributed by atoms with van der Waals surface area (Å²) in [7, 11) is 0. The smallest absolute Gasteiger partial charge is 0.253 e. The molecule has 1 aromatic carbocycles. The summed E-state index contributed by atoms with van der Waals surface area (Å²) in [5.41, 5.74) is 2.24. The van der Waals surface area contributed by atoms with Crippen LogP contribution in [0.4, 0.5) is 0 Å². The lowest BCUT2D eigenvalue weighted by molar-refractivity contribution is 0.0416. The second-order valence-corrected chi connectivity index (χ2v) is 11.3. The van der Waals surface area contributed by atoms with Gasteiger partial charge in [0.05, 0.1) is 0 Å². The maximum Gasteiger partial charge on any atom is 0.253 e. The summed E-state index contributed by atoms with van der Waals surface area (Å²) < 4.78 is 5.52. The molecule has 5 nitrogen and oxygen atoms in total. The first-order valence-electron chi connectivity index (χ1n) is 12.3. The number of fused-ring (bicyclic) bond motifs is 1. The normalized spacial score (nSPS) is 31.8. The van der Waals surface area contributed by atoms with Gasteiger partial charge in [-0.1, -0.05) is 32.9 Å². The van der Waals surface area contributed by atoms with Gasteiger partial charge in [0, 0.05) is 57.0 Å². The number of benzene rings is 1. The van der Waals surface area contributed by atoms with Crippen molar-refractivity contribution in [2.45, 2.75) is 57.5 Å². The van der Waals surface area contributed by atoms with Crippen molar-refractivity contribution in [2.75, 3.05) is 45.9 Å². The van der Waals surface area contributed by atoms with Crippen molar-refractivity contribution in [2.24, 2.45) is 17.8 Å². The van der Waals surface area contributed by atoms with Crippen LogP contribution in [0.25, 0.3) is 0 Å². The molecule has 3 aliphatic heterocycles. The molecule has 0 radical (unpaired) electrons. The van der Waals surface area contributed by atoms with E-state index in [-0.39, 0.29) is 11.3 Å². The van der Waals surface area contributed by atoms with Crippen LogP contribution in [0.2, 0.25) is 0 Å². The zero-order valence-electron chi connectivity index (χ0n) is 19.5. The molecule has 5 heteroatoms. The van der Waals surface area contributed by atoms with E-state index < -0.39 is 0 Å². The first-order valence-corrected chi connectivity index (χ1v) is 12.3. The molecule has 0 aromatic heterocycles. The molecule has 1 saturated carbocycles. The van der Waals surface area contributed by atoms with Gasteiger partial charge in [-0.05, 0) is 66.7 Å². The Bertz CT molecular complexity index is 769. The number of carbonyl (C=O) groups is 1. The van der Waals surface area contributed by atoms with E-state index in [0.29, 0.717) is 17.9 Å². The van der Waals surface area contributed by atoms with Gasteiger partial charge in [0.25, 0.3) is 5.91 Å². The van der Waals surface area contributed by atoms with E-state index in [1.807, 2.05) is 12.1 Å². The minimum atomic E-state index is 0.123. The van der Waals surface area contributed by atoms with Crippen molar-refractivity contribution in [3.8, 4) is 0 Å². The van der Waals surface area contributed by atoms with Crippen LogP contribution in [-0.2, 0) is 10.2 Å². The summed E-state index contributed by atoms with van der Waals surface area (Å²) in [6.07, 6.45) is 3.67. The maximum absolute atomic E-state index is 12.9. The predicted molar refractivity (Wildman–Crippen MR) is 123 cm³/mol. The van der Waals surface area contributed by atoms with Crippen molar-refractivity contribution >= 4 is 5.91 Å². The number of likely N-dealkylation sites (tertiary alicyclic amines) is 2. The number of nitrogens with one attached hydrogen (secondary N) is 1. The highest BCUT2D eigenvalue weighted by molar-refractivity contribution is 5.94. The largest absolute Gasteiger partial charge is 0.381 e. The lowest BCUT2D eigenvalue weighted by Crippen LogP contribution is -2.41. The Morgan fingerprint density at radius 3 is 2.35 bits per heavy atom. The SMILES string of the molecule is CC(C)(C)c1ccc(C(=O)N2CC3C(CNC4CCN(C5CCOCC5)C4)C3C2)cc1. The highest BCUT2D eigenvalue weighted by Gasteiger charge is 2.56. The topological polar surface area (TPSA) is 44.8 Å². The van der Waals surface area contributed by atoms with Gasteiger partial charge < -0.3 is 15.0 Å². The zero-order valence-corrected chi connectivity index (χ0v) is 19.5. The van der Waals surface area contributed by atoms with Gasteiger partial charge in [0.15, 0.2) is 0 Å². The fraction of sp³-hybridized carbons (Fsp3) is 0.731. The molecular weight excluding hydrogens is 386 g/mol. The quantitative estimate of drug-likeness (QED) is 0.787. The Kier molecular flexibility index (Phi) is 5.87. The molecule has 1 aliphatic carbocycles. The van der Waals surface area contributed by atoms with E-state index in [4.69, 9.17) is 4.74 Å². The molecule has 3 unspecified atom stereocenters. The molecule has 170 valence electrons. The van der Waals surface area contributed by atoms with Crippen molar-refractivity contribution in [3.63, 3.8) is 0 Å². The highest BCUT2D eigenvalue weighted by Crippen LogP contribution is 2.51. The van der Waals surface area contributed by atoms with Gasteiger partial charge in [0.1, 0.15) is 0 Å². The van der Waals surface area contributed by atoms with E-state index in [1.54, 1.807) is 0 Å². The third-order valence-corrected chi connectivity index (χ3v) is 8.23. The summed E-state index contributed by atoms with van der Waals surface area (Å²) in [6.45, 7) is 13.9. The molecule has 3 atom stereocenters. The number of hydrogen-bond acceptors (Lipinski definition) is 4. The van der Waals surface area contributed by atoms with Gasteiger partial charge >= 0.3 is 0 Å². The zero-order chi connectivity index (χ0) is 21.6. The molecule has 0 spiro atoms. The van der Waals surface area contributed by atoms with Crippen molar-refractivity contribution in [3.05, 3.63) is 35.4 Å². The summed E-state index contributed by atoms with van der Waals surface area (Å²) in [5.74, 6) is 2.39. The molecule has 31 heavy (non-hydrogen) atoms. The van der Waals surface area contributed by atoms with Crippen LogP contribution < -0.4 is 5.32 Å². The molecule has 4 aliphatic rings. The van der Waals surface area contributed by atoms with E-state index in [1.165, 1.54) is 37.9 Å². The molecule has 3 heterocycles. The van der Waals surface area contributed by atoms with Gasteiger partial charge in [-0.2, -0.15) is 0 Å². The molecular formula is C26H39N3O2. The van der Waals surface area contributed by atoms with Gasteiger partial charge in [-0.25, -0.2) is 0 Å². The first kappa shape index (κ1) is 21.4. The third-order valence-electron chi connectivity index (χ3n) is 8.23. The highest BCUT2D eigenvalue weighted by atomic mass is 16.5. The van der Waals surface area contributed by atoms with Crippen LogP contribution in [0.5, 0.6) is 0 Å². The second-order valence-electron chi connectivity index (χ2n) is 11.3. The minimum absolute atomic E-state index is 0.123. The number of carbonyl (C=O) groups excluding carboxylic acids is 1. The number of hydrogen-bond donors (Lipinski definition) is 1. The Balaban J connectivity index is 1.05. The van der Waals surface area contributed by atoms with Crippen LogP contribution in [0, 0.1) is 17.8 Å². The third kappa shape index (κ3) is 4.55. The lowest BCUT2D eigenvalue weighted by atomic mass is 9.86. The fourth-order valence-corrected chi connectivity index (χ4v) is 6.05. The summed E-state index contributed by atoms with van der Waals surface area (Å²) in [6, 6.07) is 9.62. The summed E-state index contributed by atoms with van der Waals surface area (Å²) in [4.78, 5) is 17.7. The Labute approximate surface area is 187 Å². The van der Waals surface area contributed by atoms with E-state index in [0.717, 1.165) is 50.4 Å². The minimum Gasteiger partial charge on any atom is -0.381 e. The maximum atomic E-state index is 12.9. The van der Waals surface area contributed by atoms with Crippen LogP contribution in [0.3, 0.4) is 0 Å². The van der Waals surface area contributed by atoms with Crippen LogP contribution in [0.1, 0.15) is 56.0 Å². The van der Waals surface area contributed by atoms with E-state index >= 15 is 0 Å². The van der Waals surface area contributed by atoms with E-state index in [2.05, 4.69) is 48.0 Å². The molecule has 3 saturated heterocycles. The van der Waals surface area contributed by atoms with E-state index in [9.17, 15) is 4.79 Å². The number of amides is 1. The molecule has 1 amide bonds. The van der Waals surface area contributed by atoms with Gasteiger partial charge in [0.2, 0.25) is 0 Å². The Morgan fingerprint density at radius 1 is 1.03 bits per heavy atom. The second kappa shape index (κ2) is 8.49. The summed E-state index contributed by atoms with van der Waals surface area (Å²) >= 11 is 0. The van der Waals surface area contributed by atoms with Crippen molar-refractivity contribution in [1.29, 1.82) is 0 Å². The molecule has 4 fully saturated rings. The average Bonchev–Trinajstić information content (AvgIpc) is 3.14. The number of piperidine rings is 1. The fourth-order valence-electron chi connectivity index (χ4n) is 6.05. The molecule has 5 rings (SSSR count). The number of ether oxygens (including phenoxy) is 1. The van der Waals surface area contributed by atoms with Gasteiger partial charge in [-0.3, -0.25) is 9.69 Å². The van der Waals surface area contributed by atoms with Crippen LogP contribution in [0.15, 0.2) is 24.3 Å². The summed E-state index contributed by atoms with van der Waals surface area (Å²) in [5, 5.41) is 3.86. The first-order chi connectivity index (χ1) is 14.9.